The molecule has 0 unspecified atom stereocenters. The summed E-state index contributed by atoms with van der Waals surface area (Å²) in [5.41, 5.74) is 3.64. The summed E-state index contributed by atoms with van der Waals surface area (Å²) in [7, 11) is 0. The number of benzene rings is 1. The first-order valence-electron chi connectivity index (χ1n) is 9.05. The minimum atomic E-state index is -0.133. The fourth-order valence-electron chi connectivity index (χ4n) is 3.21. The smallest absolute Gasteiger partial charge is 0.257 e. The van der Waals surface area contributed by atoms with E-state index < -0.39 is 0 Å². The van der Waals surface area contributed by atoms with Gasteiger partial charge in [0, 0.05) is 24.1 Å². The number of amides is 1. The van der Waals surface area contributed by atoms with Crippen LogP contribution in [0.25, 0.3) is 0 Å². The summed E-state index contributed by atoms with van der Waals surface area (Å²) in [5.74, 6) is -0.133. The van der Waals surface area contributed by atoms with Gasteiger partial charge in [-0.25, -0.2) is 0 Å². The summed E-state index contributed by atoms with van der Waals surface area (Å²) in [6.45, 7) is 6.53. The van der Waals surface area contributed by atoms with E-state index in [4.69, 9.17) is 0 Å². The Morgan fingerprint density at radius 1 is 1.04 bits per heavy atom. The first kappa shape index (κ1) is 17.5. The Labute approximate surface area is 150 Å². The van der Waals surface area contributed by atoms with E-state index in [1.54, 1.807) is 12.4 Å². The summed E-state index contributed by atoms with van der Waals surface area (Å²) >= 11 is 0. The molecule has 4 heteroatoms. The molecule has 25 heavy (non-hydrogen) atoms. The minimum Gasteiger partial charge on any atom is -0.381 e. The molecular formula is C21H27N3O. The number of pyridine rings is 1. The van der Waals surface area contributed by atoms with Gasteiger partial charge in [-0.15, -0.1) is 0 Å². The van der Waals surface area contributed by atoms with Crippen molar-refractivity contribution in [3.8, 4) is 0 Å². The zero-order chi connectivity index (χ0) is 17.9. The Balaban J connectivity index is 1.66. The van der Waals surface area contributed by atoms with Gasteiger partial charge in [-0.3, -0.25) is 9.78 Å². The molecule has 1 aromatic carbocycles. The zero-order valence-electron chi connectivity index (χ0n) is 15.3. The highest BCUT2D eigenvalue weighted by Crippen LogP contribution is 2.24. The average Bonchev–Trinajstić information content (AvgIpc) is 3.08. The van der Waals surface area contributed by atoms with Crippen LogP contribution in [0, 0.1) is 0 Å². The zero-order valence-corrected chi connectivity index (χ0v) is 15.3. The Kier molecular flexibility index (Phi) is 5.07. The van der Waals surface area contributed by atoms with E-state index in [9.17, 15) is 4.79 Å². The number of hydrogen-bond acceptors (Lipinski definition) is 3. The second-order valence-electron chi connectivity index (χ2n) is 7.87. The molecular weight excluding hydrogens is 310 g/mol. The average molecular weight is 337 g/mol. The number of carbonyl (C=O) groups excluding carboxylic acids is 1. The van der Waals surface area contributed by atoms with Gasteiger partial charge >= 0.3 is 0 Å². The molecule has 132 valence electrons. The first-order chi connectivity index (χ1) is 11.9. The van der Waals surface area contributed by atoms with E-state index >= 15 is 0 Å². The van der Waals surface area contributed by atoms with Crippen LogP contribution in [-0.2, 0) is 5.41 Å². The van der Waals surface area contributed by atoms with E-state index in [0.29, 0.717) is 11.6 Å². The van der Waals surface area contributed by atoms with Gasteiger partial charge in [0.2, 0.25) is 0 Å². The maximum Gasteiger partial charge on any atom is 0.257 e. The molecule has 4 nitrogen and oxygen atoms in total. The second kappa shape index (κ2) is 7.26. The van der Waals surface area contributed by atoms with E-state index in [1.807, 2.05) is 18.2 Å². The molecule has 1 fully saturated rings. The van der Waals surface area contributed by atoms with Crippen LogP contribution in [0.2, 0.25) is 0 Å². The lowest BCUT2D eigenvalue weighted by atomic mass is 9.87. The lowest BCUT2D eigenvalue weighted by Crippen LogP contribution is -2.17. The number of nitrogens with one attached hydrogen (secondary N) is 2. The molecule has 1 heterocycles. The summed E-state index contributed by atoms with van der Waals surface area (Å²) in [6.07, 6.45) is 8.32. The monoisotopic (exact) mass is 337 g/mol. The Bertz CT molecular complexity index is 726. The van der Waals surface area contributed by atoms with Gasteiger partial charge < -0.3 is 10.6 Å². The number of nitrogens with zero attached hydrogens (tertiary/aromatic N) is 1. The Morgan fingerprint density at radius 3 is 2.36 bits per heavy atom. The molecule has 1 aromatic heterocycles. The van der Waals surface area contributed by atoms with Crippen LogP contribution in [0.3, 0.4) is 0 Å². The fraction of sp³-hybridized carbons (Fsp3) is 0.429. The lowest BCUT2D eigenvalue weighted by molar-refractivity contribution is 0.102. The highest BCUT2D eigenvalue weighted by molar-refractivity contribution is 6.04. The van der Waals surface area contributed by atoms with Gasteiger partial charge in [0.1, 0.15) is 0 Å². The normalized spacial score (nSPS) is 15.2. The fourth-order valence-corrected chi connectivity index (χ4v) is 3.21. The molecule has 0 bridgehead atoms. The van der Waals surface area contributed by atoms with E-state index in [1.165, 1.54) is 31.2 Å². The van der Waals surface area contributed by atoms with Crippen molar-refractivity contribution in [3.63, 3.8) is 0 Å². The molecule has 3 rings (SSSR count). The molecule has 1 aliphatic carbocycles. The van der Waals surface area contributed by atoms with Crippen molar-refractivity contribution in [1.29, 1.82) is 0 Å². The second-order valence-corrected chi connectivity index (χ2v) is 7.87. The molecule has 2 N–H and O–H groups in total. The van der Waals surface area contributed by atoms with Crippen LogP contribution in [0.5, 0.6) is 0 Å². The molecule has 1 saturated carbocycles. The van der Waals surface area contributed by atoms with Gasteiger partial charge in [0.05, 0.1) is 11.3 Å². The van der Waals surface area contributed by atoms with E-state index in [2.05, 4.69) is 48.5 Å². The molecule has 2 aromatic rings. The Hall–Kier alpha value is -2.36. The largest absolute Gasteiger partial charge is 0.381 e. The highest BCUT2D eigenvalue weighted by atomic mass is 16.1. The van der Waals surface area contributed by atoms with Gasteiger partial charge in [0.25, 0.3) is 5.91 Å². The summed E-state index contributed by atoms with van der Waals surface area (Å²) in [6, 6.07) is 10.4. The van der Waals surface area contributed by atoms with Crippen LogP contribution < -0.4 is 10.6 Å². The predicted octanol–water partition coefficient (Wildman–Crippen LogP) is 4.99. The molecule has 1 aliphatic rings. The lowest BCUT2D eigenvalue weighted by Gasteiger charge is -2.19. The van der Waals surface area contributed by atoms with Crippen molar-refractivity contribution >= 4 is 17.3 Å². The number of aromatic nitrogens is 1. The van der Waals surface area contributed by atoms with Crippen molar-refractivity contribution in [2.24, 2.45) is 0 Å². The van der Waals surface area contributed by atoms with Gasteiger partial charge in [-0.2, -0.15) is 0 Å². The molecule has 0 atom stereocenters. The molecule has 0 aliphatic heterocycles. The maximum atomic E-state index is 12.5. The third-order valence-corrected chi connectivity index (χ3v) is 4.74. The third-order valence-electron chi connectivity index (χ3n) is 4.74. The van der Waals surface area contributed by atoms with Crippen molar-refractivity contribution in [2.45, 2.75) is 57.9 Å². The number of rotatable bonds is 4. The Morgan fingerprint density at radius 2 is 1.72 bits per heavy atom. The molecule has 0 spiro atoms. The highest BCUT2D eigenvalue weighted by Gasteiger charge is 2.16. The van der Waals surface area contributed by atoms with Crippen molar-refractivity contribution < 1.29 is 4.79 Å². The summed E-state index contributed by atoms with van der Waals surface area (Å²) < 4.78 is 0. The quantitative estimate of drug-likeness (QED) is 0.827. The number of carbonyl (C=O) groups is 1. The molecule has 1 amide bonds. The van der Waals surface area contributed by atoms with Crippen LogP contribution in [-0.4, -0.2) is 16.9 Å². The van der Waals surface area contributed by atoms with Crippen LogP contribution in [0.1, 0.15) is 62.4 Å². The summed E-state index contributed by atoms with van der Waals surface area (Å²) in [5, 5.41) is 6.43. The van der Waals surface area contributed by atoms with Crippen molar-refractivity contribution in [1.82, 2.24) is 4.98 Å². The van der Waals surface area contributed by atoms with Gasteiger partial charge in [-0.05, 0) is 42.0 Å². The maximum absolute atomic E-state index is 12.5. The molecule has 0 radical (unpaired) electrons. The van der Waals surface area contributed by atoms with Crippen molar-refractivity contribution in [3.05, 3.63) is 53.9 Å². The van der Waals surface area contributed by atoms with Crippen LogP contribution in [0.15, 0.2) is 42.7 Å². The minimum absolute atomic E-state index is 0.104. The summed E-state index contributed by atoms with van der Waals surface area (Å²) in [4.78, 5) is 16.7. The van der Waals surface area contributed by atoms with Crippen LogP contribution >= 0.6 is 0 Å². The van der Waals surface area contributed by atoms with E-state index in [-0.39, 0.29) is 11.3 Å². The molecule has 0 saturated heterocycles. The predicted molar refractivity (Wildman–Crippen MR) is 103 cm³/mol. The third kappa shape index (κ3) is 4.59. The van der Waals surface area contributed by atoms with Crippen LogP contribution in [0.4, 0.5) is 11.4 Å². The standard InChI is InChI=1S/C21H27N3O/c1-21(2,3)16-8-10-18(11-9-16)24-20(25)15-12-19(14-22-13-15)23-17-6-4-5-7-17/h8-14,17,23H,4-7H2,1-3H3,(H,24,25). The SMILES string of the molecule is CC(C)(C)c1ccc(NC(=O)c2cncc(NC3CCCC3)c2)cc1. The topological polar surface area (TPSA) is 54.0 Å². The van der Waals surface area contributed by atoms with Crippen molar-refractivity contribution in [2.75, 3.05) is 10.6 Å². The van der Waals surface area contributed by atoms with Gasteiger partial charge in [0.15, 0.2) is 0 Å². The number of hydrogen-bond donors (Lipinski definition) is 2. The van der Waals surface area contributed by atoms with E-state index in [0.717, 1.165) is 11.4 Å². The number of anilines is 2. The van der Waals surface area contributed by atoms with Gasteiger partial charge in [-0.1, -0.05) is 45.7 Å². The first-order valence-corrected chi connectivity index (χ1v) is 9.05.